The first-order valence-electron chi connectivity index (χ1n) is 9.66. The highest BCUT2D eigenvalue weighted by Gasteiger charge is 2.45. The van der Waals surface area contributed by atoms with Crippen molar-refractivity contribution in [1.82, 2.24) is 9.80 Å². The minimum absolute atomic E-state index is 0.0976. The summed E-state index contributed by atoms with van der Waals surface area (Å²) in [5, 5.41) is 11.0. The number of likely N-dealkylation sites (tertiary alicyclic amines) is 1. The Morgan fingerprint density at radius 2 is 1.87 bits per heavy atom. The van der Waals surface area contributed by atoms with Gasteiger partial charge in [-0.2, -0.15) is 0 Å². The standard InChI is InChI=1S/C23H25BrN2O4/c1-25(2)12-5-13-26-20(16-6-4-7-18(14-16)30-3)19(22(28)23(26)29)21(27)15-8-10-17(24)11-9-15/h4,6-11,14,20,27H,5,12-13H2,1-3H3/b21-19-. The molecule has 0 saturated carbocycles. The zero-order valence-corrected chi connectivity index (χ0v) is 18.8. The summed E-state index contributed by atoms with van der Waals surface area (Å²) in [7, 11) is 5.48. The molecule has 0 aromatic heterocycles. The maximum atomic E-state index is 13.0. The van der Waals surface area contributed by atoms with Crippen LogP contribution in [0.1, 0.15) is 23.6 Å². The molecule has 1 aliphatic rings. The minimum atomic E-state index is -0.675. The normalized spacial score (nSPS) is 18.3. The molecule has 2 aromatic rings. The average molecular weight is 473 g/mol. The van der Waals surface area contributed by atoms with E-state index in [1.165, 1.54) is 0 Å². The number of methoxy groups -OCH3 is 1. The van der Waals surface area contributed by atoms with Crippen LogP contribution in [0.15, 0.2) is 58.6 Å². The molecule has 0 spiro atoms. The summed E-state index contributed by atoms with van der Waals surface area (Å²) in [6.45, 7) is 1.18. The molecule has 1 heterocycles. The Bertz CT molecular complexity index is 969. The van der Waals surface area contributed by atoms with Gasteiger partial charge in [0.15, 0.2) is 0 Å². The van der Waals surface area contributed by atoms with Crippen molar-refractivity contribution in [3.63, 3.8) is 0 Å². The second-order valence-electron chi connectivity index (χ2n) is 7.43. The number of amides is 1. The van der Waals surface area contributed by atoms with E-state index in [1.807, 2.05) is 31.1 Å². The van der Waals surface area contributed by atoms with E-state index in [2.05, 4.69) is 15.9 Å². The lowest BCUT2D eigenvalue weighted by Gasteiger charge is -2.26. The molecule has 1 saturated heterocycles. The van der Waals surface area contributed by atoms with Gasteiger partial charge < -0.3 is 19.6 Å². The fourth-order valence-electron chi connectivity index (χ4n) is 3.59. The molecular weight excluding hydrogens is 448 g/mol. The number of ketones is 1. The van der Waals surface area contributed by atoms with Crippen LogP contribution in [-0.2, 0) is 9.59 Å². The van der Waals surface area contributed by atoms with Crippen molar-refractivity contribution in [2.75, 3.05) is 34.3 Å². The van der Waals surface area contributed by atoms with E-state index in [0.717, 1.165) is 16.6 Å². The van der Waals surface area contributed by atoms with Crippen molar-refractivity contribution >= 4 is 33.4 Å². The number of aliphatic hydroxyl groups is 1. The van der Waals surface area contributed by atoms with E-state index in [9.17, 15) is 14.7 Å². The molecule has 30 heavy (non-hydrogen) atoms. The first-order valence-corrected chi connectivity index (χ1v) is 10.5. The third-order valence-electron chi connectivity index (χ3n) is 5.07. The highest BCUT2D eigenvalue weighted by Crippen LogP contribution is 2.40. The zero-order valence-electron chi connectivity index (χ0n) is 17.3. The van der Waals surface area contributed by atoms with Crippen molar-refractivity contribution in [2.24, 2.45) is 0 Å². The largest absolute Gasteiger partial charge is 0.507 e. The Balaban J connectivity index is 2.10. The van der Waals surface area contributed by atoms with Gasteiger partial charge in [0.2, 0.25) is 0 Å². The van der Waals surface area contributed by atoms with Crippen molar-refractivity contribution in [3.05, 3.63) is 69.7 Å². The van der Waals surface area contributed by atoms with E-state index in [4.69, 9.17) is 4.74 Å². The Kier molecular flexibility index (Phi) is 6.95. The summed E-state index contributed by atoms with van der Waals surface area (Å²) in [6.07, 6.45) is 0.707. The molecule has 1 aliphatic heterocycles. The predicted octanol–water partition coefficient (Wildman–Crippen LogP) is 3.83. The number of carbonyl (C=O) groups excluding carboxylic acids is 2. The molecule has 1 atom stereocenters. The lowest BCUT2D eigenvalue weighted by molar-refractivity contribution is -0.139. The molecule has 7 heteroatoms. The first kappa shape index (κ1) is 22.1. The van der Waals surface area contributed by atoms with Crippen molar-refractivity contribution in [2.45, 2.75) is 12.5 Å². The van der Waals surface area contributed by atoms with Gasteiger partial charge in [0, 0.05) is 16.6 Å². The van der Waals surface area contributed by atoms with Crippen LogP contribution < -0.4 is 4.74 Å². The molecule has 6 nitrogen and oxygen atoms in total. The molecule has 158 valence electrons. The number of hydrogen-bond donors (Lipinski definition) is 1. The van der Waals surface area contributed by atoms with Crippen LogP contribution in [0.2, 0.25) is 0 Å². The summed E-state index contributed by atoms with van der Waals surface area (Å²) < 4.78 is 6.18. The van der Waals surface area contributed by atoms with E-state index in [1.54, 1.807) is 48.4 Å². The molecule has 0 radical (unpaired) electrons. The number of Topliss-reactive ketones (excluding diaryl/α,β-unsaturated/α-hetero) is 1. The van der Waals surface area contributed by atoms with Crippen LogP contribution in [0.25, 0.3) is 5.76 Å². The van der Waals surface area contributed by atoms with Crippen LogP contribution in [-0.4, -0.2) is 60.9 Å². The molecule has 3 rings (SSSR count). The summed E-state index contributed by atoms with van der Waals surface area (Å²) in [5.41, 5.74) is 1.30. The number of nitrogens with zero attached hydrogens (tertiary/aromatic N) is 2. The first-order chi connectivity index (χ1) is 14.3. The third kappa shape index (κ3) is 4.57. The number of carbonyl (C=O) groups is 2. The van der Waals surface area contributed by atoms with Gasteiger partial charge in [-0.3, -0.25) is 9.59 Å². The quantitative estimate of drug-likeness (QED) is 0.376. The highest BCUT2D eigenvalue weighted by molar-refractivity contribution is 9.10. The third-order valence-corrected chi connectivity index (χ3v) is 5.60. The fraction of sp³-hybridized carbons (Fsp3) is 0.304. The van der Waals surface area contributed by atoms with Gasteiger partial charge in [0.1, 0.15) is 11.5 Å². The van der Waals surface area contributed by atoms with Gasteiger partial charge in [-0.05, 0) is 56.9 Å². The van der Waals surface area contributed by atoms with E-state index >= 15 is 0 Å². The molecule has 1 N–H and O–H groups in total. The molecule has 1 amide bonds. The Morgan fingerprint density at radius 1 is 1.17 bits per heavy atom. The van der Waals surface area contributed by atoms with Crippen molar-refractivity contribution in [3.8, 4) is 5.75 Å². The highest BCUT2D eigenvalue weighted by atomic mass is 79.9. The molecule has 2 aromatic carbocycles. The zero-order chi connectivity index (χ0) is 21.8. The van der Waals surface area contributed by atoms with E-state index in [-0.39, 0.29) is 11.3 Å². The molecular formula is C23H25BrN2O4. The number of halogens is 1. The molecule has 0 bridgehead atoms. The lowest BCUT2D eigenvalue weighted by atomic mass is 9.95. The van der Waals surface area contributed by atoms with Crippen molar-refractivity contribution in [1.29, 1.82) is 0 Å². The second-order valence-corrected chi connectivity index (χ2v) is 8.35. The van der Waals surface area contributed by atoms with Gasteiger partial charge in [0.25, 0.3) is 11.7 Å². The smallest absolute Gasteiger partial charge is 0.295 e. The summed E-state index contributed by atoms with van der Waals surface area (Å²) in [4.78, 5) is 29.4. The molecule has 1 unspecified atom stereocenters. The van der Waals surface area contributed by atoms with Crippen LogP contribution in [0.3, 0.4) is 0 Å². The number of aliphatic hydroxyl groups excluding tert-OH is 1. The number of ether oxygens (including phenoxy) is 1. The van der Waals surface area contributed by atoms with Crippen LogP contribution in [0, 0.1) is 0 Å². The summed E-state index contributed by atoms with van der Waals surface area (Å²) in [5.74, 6) is -0.827. The Morgan fingerprint density at radius 3 is 2.50 bits per heavy atom. The minimum Gasteiger partial charge on any atom is -0.507 e. The Labute approximate surface area is 184 Å². The summed E-state index contributed by atoms with van der Waals surface area (Å²) >= 11 is 3.37. The second kappa shape index (κ2) is 9.45. The van der Waals surface area contributed by atoms with Gasteiger partial charge in [0.05, 0.1) is 18.7 Å². The number of rotatable bonds is 7. The predicted molar refractivity (Wildman–Crippen MR) is 119 cm³/mol. The molecule has 1 fully saturated rings. The monoisotopic (exact) mass is 472 g/mol. The van der Waals surface area contributed by atoms with Crippen molar-refractivity contribution < 1.29 is 19.4 Å². The number of benzene rings is 2. The van der Waals surface area contributed by atoms with Gasteiger partial charge in [-0.25, -0.2) is 0 Å². The lowest BCUT2D eigenvalue weighted by Crippen LogP contribution is -2.32. The maximum absolute atomic E-state index is 13.0. The maximum Gasteiger partial charge on any atom is 0.295 e. The SMILES string of the molecule is COc1cccc(C2/C(=C(/O)c3ccc(Br)cc3)C(=O)C(=O)N2CCCN(C)C)c1. The average Bonchev–Trinajstić information content (AvgIpc) is 2.98. The Hall–Kier alpha value is -2.64. The fourth-order valence-corrected chi connectivity index (χ4v) is 3.85. The van der Waals surface area contributed by atoms with Gasteiger partial charge in [-0.15, -0.1) is 0 Å². The van der Waals surface area contributed by atoms with Crippen LogP contribution >= 0.6 is 15.9 Å². The number of hydrogen-bond acceptors (Lipinski definition) is 5. The van der Waals surface area contributed by atoms with Gasteiger partial charge in [-0.1, -0.05) is 40.2 Å². The van der Waals surface area contributed by atoms with Crippen LogP contribution in [0.4, 0.5) is 0 Å². The summed E-state index contributed by atoms with van der Waals surface area (Å²) in [6, 6.07) is 13.6. The van der Waals surface area contributed by atoms with Crippen LogP contribution in [0.5, 0.6) is 5.75 Å². The van der Waals surface area contributed by atoms with E-state index < -0.39 is 17.7 Å². The molecule has 0 aliphatic carbocycles. The van der Waals surface area contributed by atoms with Gasteiger partial charge >= 0.3 is 0 Å². The topological polar surface area (TPSA) is 70.1 Å². The van der Waals surface area contributed by atoms with E-state index in [0.29, 0.717) is 24.3 Å².